The van der Waals surface area contributed by atoms with Crippen molar-refractivity contribution in [3.63, 3.8) is 0 Å². The molecule has 1 fully saturated rings. The van der Waals surface area contributed by atoms with Gasteiger partial charge in [0.15, 0.2) is 0 Å². The van der Waals surface area contributed by atoms with Crippen molar-refractivity contribution < 1.29 is 19.4 Å². The molecular weight excluding hydrogens is 368 g/mol. The van der Waals surface area contributed by atoms with Gasteiger partial charge in [0.1, 0.15) is 0 Å². The molecule has 1 aromatic carbocycles. The number of carbonyl (C=O) groups is 2. The number of likely N-dealkylation sites (tertiary alicyclic amines) is 1. The monoisotopic (exact) mass is 404 g/mol. The molecule has 2 rings (SSSR count). The molecule has 2 N–H and O–H groups in total. The lowest BCUT2D eigenvalue weighted by Gasteiger charge is -2.32. The van der Waals surface area contributed by atoms with E-state index in [1.54, 1.807) is 12.1 Å². The van der Waals surface area contributed by atoms with E-state index >= 15 is 0 Å². The van der Waals surface area contributed by atoms with Crippen LogP contribution < -0.4 is 5.32 Å². The molecule has 1 amide bonds. The first-order valence-electron chi connectivity index (χ1n) is 10.6. The number of benzene rings is 1. The van der Waals surface area contributed by atoms with Gasteiger partial charge >= 0.3 is 5.97 Å². The van der Waals surface area contributed by atoms with Crippen LogP contribution in [0.2, 0.25) is 0 Å². The number of amides is 1. The van der Waals surface area contributed by atoms with Gasteiger partial charge in [-0.05, 0) is 77.1 Å². The zero-order chi connectivity index (χ0) is 21.4. The van der Waals surface area contributed by atoms with Gasteiger partial charge in [0, 0.05) is 25.0 Å². The molecule has 1 heterocycles. The lowest BCUT2D eigenvalue weighted by Crippen LogP contribution is -2.41. The molecule has 2 unspecified atom stereocenters. The highest BCUT2D eigenvalue weighted by molar-refractivity contribution is 5.89. The molecule has 162 valence electrons. The molecule has 1 aliphatic heterocycles. The summed E-state index contributed by atoms with van der Waals surface area (Å²) in [5.41, 5.74) is 1.01. The van der Waals surface area contributed by atoms with Gasteiger partial charge < -0.3 is 20.1 Å². The van der Waals surface area contributed by atoms with Crippen molar-refractivity contribution in [2.45, 2.75) is 83.5 Å². The van der Waals surface area contributed by atoms with Crippen LogP contribution in [0.5, 0.6) is 0 Å². The van der Waals surface area contributed by atoms with Crippen LogP contribution in [0.3, 0.4) is 0 Å². The molecule has 1 saturated heterocycles. The van der Waals surface area contributed by atoms with Crippen LogP contribution in [-0.4, -0.2) is 53.2 Å². The summed E-state index contributed by atoms with van der Waals surface area (Å²) in [4.78, 5) is 25.9. The highest BCUT2D eigenvalue weighted by atomic mass is 16.5. The van der Waals surface area contributed by atoms with Crippen molar-refractivity contribution in [1.29, 1.82) is 0 Å². The second-order valence-corrected chi connectivity index (χ2v) is 8.70. The highest BCUT2D eigenvalue weighted by Gasteiger charge is 2.33. The fraction of sp³-hybridized carbons (Fsp3) is 0.652. The minimum absolute atomic E-state index is 0.211. The van der Waals surface area contributed by atoms with Crippen molar-refractivity contribution in [2.24, 2.45) is 0 Å². The third kappa shape index (κ3) is 7.44. The van der Waals surface area contributed by atoms with Crippen molar-refractivity contribution in [2.75, 3.05) is 13.7 Å². The van der Waals surface area contributed by atoms with Gasteiger partial charge in [-0.15, -0.1) is 0 Å². The standard InChI is InChI=1S/C23H36N2O4/c1-17(6-5-14-23(2,3)28)25-20(11-12-21(25)26)13-15-24-16-18-7-9-19(10-8-18)22(27)29-4/h7-10,17,20,24,28H,5-6,11-16H2,1-4H3. The SMILES string of the molecule is COC(=O)c1ccc(CNCCC2CCC(=O)N2C(C)CCCC(C)(C)O)cc1. The predicted octanol–water partition coefficient (Wildman–Crippen LogP) is 3.27. The summed E-state index contributed by atoms with van der Waals surface area (Å²) in [7, 11) is 1.38. The Hall–Kier alpha value is -1.92. The van der Waals surface area contributed by atoms with Crippen LogP contribution in [0, 0.1) is 0 Å². The molecule has 2 atom stereocenters. The number of methoxy groups -OCH3 is 1. The van der Waals surface area contributed by atoms with Crippen LogP contribution in [0.4, 0.5) is 0 Å². The van der Waals surface area contributed by atoms with Crippen LogP contribution in [0.25, 0.3) is 0 Å². The molecular formula is C23H36N2O4. The normalized spacial score (nSPS) is 18.2. The van der Waals surface area contributed by atoms with Gasteiger partial charge in [0.05, 0.1) is 18.3 Å². The highest BCUT2D eigenvalue weighted by Crippen LogP contribution is 2.26. The Bertz CT molecular complexity index is 666. The number of nitrogens with one attached hydrogen (secondary N) is 1. The second-order valence-electron chi connectivity index (χ2n) is 8.70. The largest absolute Gasteiger partial charge is 0.465 e. The van der Waals surface area contributed by atoms with Crippen LogP contribution in [0.15, 0.2) is 24.3 Å². The number of hydrogen-bond donors (Lipinski definition) is 2. The third-order valence-electron chi connectivity index (χ3n) is 5.62. The summed E-state index contributed by atoms with van der Waals surface area (Å²) in [6.45, 7) is 7.34. The number of aliphatic hydroxyl groups is 1. The summed E-state index contributed by atoms with van der Waals surface area (Å²) in [5, 5.41) is 13.3. The molecule has 0 radical (unpaired) electrons. The Morgan fingerprint density at radius 3 is 2.66 bits per heavy atom. The van der Waals surface area contributed by atoms with Crippen LogP contribution in [-0.2, 0) is 16.1 Å². The average Bonchev–Trinajstić information content (AvgIpc) is 3.04. The van der Waals surface area contributed by atoms with Crippen LogP contribution >= 0.6 is 0 Å². The van der Waals surface area contributed by atoms with Gasteiger partial charge in [-0.3, -0.25) is 4.79 Å². The lowest BCUT2D eigenvalue weighted by molar-refractivity contribution is -0.131. The summed E-state index contributed by atoms with van der Waals surface area (Å²) in [6.07, 6.45) is 5.08. The lowest BCUT2D eigenvalue weighted by atomic mass is 9.99. The molecule has 29 heavy (non-hydrogen) atoms. The van der Waals surface area contributed by atoms with E-state index in [-0.39, 0.29) is 24.0 Å². The van der Waals surface area contributed by atoms with E-state index in [0.29, 0.717) is 12.0 Å². The van der Waals surface area contributed by atoms with Gasteiger partial charge in [-0.1, -0.05) is 12.1 Å². The molecule has 1 aromatic rings. The smallest absolute Gasteiger partial charge is 0.337 e. The summed E-state index contributed by atoms with van der Waals surface area (Å²) >= 11 is 0. The minimum Gasteiger partial charge on any atom is -0.465 e. The number of ether oxygens (including phenoxy) is 1. The van der Waals surface area contributed by atoms with E-state index in [2.05, 4.69) is 17.1 Å². The van der Waals surface area contributed by atoms with E-state index in [0.717, 1.165) is 50.8 Å². The zero-order valence-corrected chi connectivity index (χ0v) is 18.2. The van der Waals surface area contributed by atoms with Crippen molar-refractivity contribution in [3.05, 3.63) is 35.4 Å². The summed E-state index contributed by atoms with van der Waals surface area (Å²) in [5.74, 6) is -0.0728. The summed E-state index contributed by atoms with van der Waals surface area (Å²) < 4.78 is 4.71. The summed E-state index contributed by atoms with van der Waals surface area (Å²) in [6, 6.07) is 7.90. The van der Waals surface area contributed by atoms with E-state index < -0.39 is 5.60 Å². The van der Waals surface area contributed by atoms with Crippen LogP contribution in [0.1, 0.15) is 75.2 Å². The Morgan fingerprint density at radius 1 is 1.34 bits per heavy atom. The van der Waals surface area contributed by atoms with E-state index in [9.17, 15) is 14.7 Å². The molecule has 0 saturated carbocycles. The van der Waals surface area contributed by atoms with Crippen molar-refractivity contribution in [3.8, 4) is 0 Å². The topological polar surface area (TPSA) is 78.9 Å². The van der Waals surface area contributed by atoms with Crippen molar-refractivity contribution >= 4 is 11.9 Å². The quantitative estimate of drug-likeness (QED) is 0.437. The molecule has 0 aliphatic carbocycles. The first-order chi connectivity index (χ1) is 13.7. The predicted molar refractivity (Wildman–Crippen MR) is 114 cm³/mol. The number of rotatable bonds is 11. The number of carbonyl (C=O) groups excluding carboxylic acids is 2. The molecule has 6 heteroatoms. The van der Waals surface area contributed by atoms with Gasteiger partial charge in [0.25, 0.3) is 0 Å². The molecule has 6 nitrogen and oxygen atoms in total. The second kappa shape index (κ2) is 10.7. The molecule has 0 aromatic heterocycles. The number of nitrogens with zero attached hydrogens (tertiary/aromatic N) is 1. The van der Waals surface area contributed by atoms with Gasteiger partial charge in [0.2, 0.25) is 5.91 Å². The Labute approximate surface area is 174 Å². The fourth-order valence-corrected chi connectivity index (χ4v) is 4.00. The molecule has 0 spiro atoms. The number of hydrogen-bond acceptors (Lipinski definition) is 5. The fourth-order valence-electron chi connectivity index (χ4n) is 4.00. The average molecular weight is 405 g/mol. The first kappa shape index (κ1) is 23.4. The maximum atomic E-state index is 12.4. The maximum Gasteiger partial charge on any atom is 0.337 e. The number of esters is 1. The van der Waals surface area contributed by atoms with E-state index in [1.165, 1.54) is 7.11 Å². The molecule has 0 bridgehead atoms. The Balaban J connectivity index is 1.75. The Morgan fingerprint density at radius 2 is 2.03 bits per heavy atom. The van der Waals surface area contributed by atoms with Gasteiger partial charge in [-0.25, -0.2) is 4.79 Å². The minimum atomic E-state index is -0.646. The zero-order valence-electron chi connectivity index (χ0n) is 18.2. The molecule has 1 aliphatic rings. The van der Waals surface area contributed by atoms with Gasteiger partial charge in [-0.2, -0.15) is 0 Å². The van der Waals surface area contributed by atoms with E-state index in [1.807, 2.05) is 26.0 Å². The Kier molecular flexibility index (Phi) is 8.65. The van der Waals surface area contributed by atoms with E-state index in [4.69, 9.17) is 4.74 Å². The van der Waals surface area contributed by atoms with Crippen molar-refractivity contribution in [1.82, 2.24) is 10.2 Å². The third-order valence-corrected chi connectivity index (χ3v) is 5.62. The maximum absolute atomic E-state index is 12.4. The first-order valence-corrected chi connectivity index (χ1v) is 10.6.